The van der Waals surface area contributed by atoms with Gasteiger partial charge in [-0.1, -0.05) is 59.1 Å². The van der Waals surface area contributed by atoms with E-state index in [9.17, 15) is 15.3 Å². The second-order valence-electron chi connectivity index (χ2n) is 7.05. The van der Waals surface area contributed by atoms with Crippen LogP contribution in [0, 0.1) is 22.7 Å². The number of nitriles is 2. The molecule has 0 unspecified atom stereocenters. The summed E-state index contributed by atoms with van der Waals surface area (Å²) in [5.74, 6) is -0.0532. The van der Waals surface area contributed by atoms with Gasteiger partial charge in [0.15, 0.2) is 11.5 Å². The number of benzene rings is 3. The van der Waals surface area contributed by atoms with Crippen molar-refractivity contribution in [3.05, 3.63) is 91.9 Å². The Bertz CT molecular complexity index is 1370. The van der Waals surface area contributed by atoms with Crippen LogP contribution >= 0.6 is 34.8 Å². The monoisotopic (exact) mass is 525 g/mol. The van der Waals surface area contributed by atoms with Gasteiger partial charge in [-0.3, -0.25) is 4.79 Å². The number of halogens is 3. The average molecular weight is 527 g/mol. The van der Waals surface area contributed by atoms with Gasteiger partial charge in [-0.2, -0.15) is 10.5 Å². The summed E-state index contributed by atoms with van der Waals surface area (Å²) in [6.45, 7) is 2.23. The minimum absolute atomic E-state index is 0.102. The molecule has 0 spiro atoms. The summed E-state index contributed by atoms with van der Waals surface area (Å²) in [6.07, 6.45) is 1.37. The predicted molar refractivity (Wildman–Crippen MR) is 137 cm³/mol. The molecule has 0 heterocycles. The standard InChI is InChI=1S/C26H18Cl3N3O3/c1-2-34-23-12-16(10-19(14-31)26(33)32-22-9-5-8-20(27)24(22)29)11-21(28)25(23)35-15-18-7-4-3-6-17(18)13-30/h3-12H,2,15H2,1H3,(H,32,33)/b19-10-. The highest BCUT2D eigenvalue weighted by atomic mass is 35.5. The van der Waals surface area contributed by atoms with Crippen molar-refractivity contribution in [2.24, 2.45) is 0 Å². The first-order valence-corrected chi connectivity index (χ1v) is 11.5. The Morgan fingerprint density at radius 3 is 2.51 bits per heavy atom. The molecule has 1 amide bonds. The molecule has 0 aliphatic rings. The van der Waals surface area contributed by atoms with Gasteiger partial charge in [-0.25, -0.2) is 0 Å². The highest BCUT2D eigenvalue weighted by Gasteiger charge is 2.16. The average Bonchev–Trinajstić information content (AvgIpc) is 2.85. The summed E-state index contributed by atoms with van der Waals surface area (Å²) in [5.41, 5.74) is 1.73. The molecule has 3 aromatic rings. The molecule has 0 saturated carbocycles. The quantitative estimate of drug-likeness (QED) is 0.251. The van der Waals surface area contributed by atoms with Gasteiger partial charge >= 0.3 is 0 Å². The Kier molecular flexibility index (Phi) is 9.00. The largest absolute Gasteiger partial charge is 0.490 e. The molecule has 35 heavy (non-hydrogen) atoms. The summed E-state index contributed by atoms with van der Waals surface area (Å²) in [5, 5.41) is 22.1. The molecule has 176 valence electrons. The summed E-state index contributed by atoms with van der Waals surface area (Å²) in [4.78, 5) is 12.7. The summed E-state index contributed by atoms with van der Waals surface area (Å²) in [6, 6.07) is 19.0. The van der Waals surface area contributed by atoms with Crippen LogP contribution in [0.2, 0.25) is 15.1 Å². The van der Waals surface area contributed by atoms with Gasteiger partial charge < -0.3 is 14.8 Å². The lowest BCUT2D eigenvalue weighted by Crippen LogP contribution is -2.13. The first-order chi connectivity index (χ1) is 16.9. The van der Waals surface area contributed by atoms with E-state index < -0.39 is 5.91 Å². The number of ether oxygens (including phenoxy) is 2. The number of rotatable bonds is 8. The van der Waals surface area contributed by atoms with Crippen LogP contribution in [0.4, 0.5) is 5.69 Å². The maximum Gasteiger partial charge on any atom is 0.266 e. The van der Waals surface area contributed by atoms with Crippen molar-refractivity contribution in [2.45, 2.75) is 13.5 Å². The van der Waals surface area contributed by atoms with Gasteiger partial charge in [0.2, 0.25) is 0 Å². The van der Waals surface area contributed by atoms with E-state index in [1.807, 2.05) is 12.1 Å². The van der Waals surface area contributed by atoms with Crippen molar-refractivity contribution in [2.75, 3.05) is 11.9 Å². The van der Waals surface area contributed by atoms with Crippen LogP contribution in [0.25, 0.3) is 6.08 Å². The zero-order valence-electron chi connectivity index (χ0n) is 18.4. The van der Waals surface area contributed by atoms with Crippen molar-refractivity contribution >= 4 is 52.5 Å². The van der Waals surface area contributed by atoms with E-state index in [0.29, 0.717) is 29.0 Å². The maximum atomic E-state index is 12.7. The summed E-state index contributed by atoms with van der Waals surface area (Å²) in [7, 11) is 0. The molecule has 3 rings (SSSR count). The number of carbonyl (C=O) groups is 1. The number of hydrogen-bond donors (Lipinski definition) is 1. The first kappa shape index (κ1) is 25.9. The molecular formula is C26H18Cl3N3O3. The fourth-order valence-electron chi connectivity index (χ4n) is 3.08. The van der Waals surface area contributed by atoms with E-state index in [1.54, 1.807) is 55.5 Å². The number of hydrogen-bond acceptors (Lipinski definition) is 5. The SMILES string of the molecule is CCOc1cc(/C=C(/C#N)C(=O)Nc2cccc(Cl)c2Cl)cc(Cl)c1OCc1ccccc1C#N. The molecule has 0 saturated heterocycles. The van der Waals surface area contributed by atoms with E-state index in [0.717, 1.165) is 0 Å². The van der Waals surface area contributed by atoms with E-state index in [1.165, 1.54) is 6.08 Å². The van der Waals surface area contributed by atoms with Crippen LogP contribution in [0.15, 0.2) is 60.2 Å². The van der Waals surface area contributed by atoms with Crippen molar-refractivity contribution in [3.8, 4) is 23.6 Å². The molecule has 3 aromatic carbocycles. The van der Waals surface area contributed by atoms with Gasteiger partial charge in [-0.15, -0.1) is 0 Å². The van der Waals surface area contributed by atoms with Crippen molar-refractivity contribution in [1.29, 1.82) is 10.5 Å². The van der Waals surface area contributed by atoms with E-state index >= 15 is 0 Å². The Balaban J connectivity index is 1.88. The molecule has 0 radical (unpaired) electrons. The smallest absolute Gasteiger partial charge is 0.266 e. The Morgan fingerprint density at radius 1 is 1.03 bits per heavy atom. The van der Waals surface area contributed by atoms with Crippen LogP contribution in [0.1, 0.15) is 23.6 Å². The van der Waals surface area contributed by atoms with Crippen molar-refractivity contribution in [1.82, 2.24) is 0 Å². The third-order valence-electron chi connectivity index (χ3n) is 4.72. The molecule has 0 atom stereocenters. The topological polar surface area (TPSA) is 95.1 Å². The lowest BCUT2D eigenvalue weighted by atomic mass is 10.1. The number of carbonyl (C=O) groups excluding carboxylic acids is 1. The molecular weight excluding hydrogens is 509 g/mol. The molecule has 0 fully saturated rings. The number of amides is 1. The summed E-state index contributed by atoms with van der Waals surface area (Å²) >= 11 is 18.6. The molecule has 0 aromatic heterocycles. The number of nitrogens with one attached hydrogen (secondary N) is 1. The predicted octanol–water partition coefficient (Wildman–Crippen LogP) is 7.04. The van der Waals surface area contributed by atoms with Gasteiger partial charge in [0.05, 0.1) is 39.0 Å². The van der Waals surface area contributed by atoms with E-state index in [4.69, 9.17) is 44.3 Å². The Morgan fingerprint density at radius 2 is 1.80 bits per heavy atom. The van der Waals surface area contributed by atoms with Crippen molar-refractivity contribution < 1.29 is 14.3 Å². The Hall–Kier alpha value is -3.68. The minimum Gasteiger partial charge on any atom is -0.490 e. The lowest BCUT2D eigenvalue weighted by molar-refractivity contribution is -0.112. The first-order valence-electron chi connectivity index (χ1n) is 10.3. The second-order valence-corrected chi connectivity index (χ2v) is 8.24. The van der Waals surface area contributed by atoms with Gasteiger partial charge in [0.25, 0.3) is 5.91 Å². The van der Waals surface area contributed by atoms with Crippen LogP contribution in [-0.4, -0.2) is 12.5 Å². The third kappa shape index (κ3) is 6.47. The normalized spacial score (nSPS) is 10.7. The molecule has 0 bridgehead atoms. The molecule has 1 N–H and O–H groups in total. The lowest BCUT2D eigenvalue weighted by Gasteiger charge is -2.15. The highest BCUT2D eigenvalue weighted by Crippen LogP contribution is 2.38. The van der Waals surface area contributed by atoms with Crippen molar-refractivity contribution in [3.63, 3.8) is 0 Å². The minimum atomic E-state index is -0.667. The van der Waals surface area contributed by atoms with Crippen LogP contribution < -0.4 is 14.8 Å². The highest BCUT2D eigenvalue weighted by molar-refractivity contribution is 6.44. The number of nitrogens with zero attached hydrogens (tertiary/aromatic N) is 2. The van der Waals surface area contributed by atoms with Crippen LogP contribution in [-0.2, 0) is 11.4 Å². The third-order valence-corrected chi connectivity index (χ3v) is 5.82. The zero-order chi connectivity index (χ0) is 25.4. The molecule has 0 aliphatic carbocycles. The van der Waals surface area contributed by atoms with E-state index in [2.05, 4.69) is 11.4 Å². The fourth-order valence-corrected chi connectivity index (χ4v) is 3.71. The Labute approximate surface area is 217 Å². The molecule has 0 aliphatic heterocycles. The van der Waals surface area contributed by atoms with Gasteiger partial charge in [0, 0.05) is 5.56 Å². The molecule has 6 nitrogen and oxygen atoms in total. The zero-order valence-corrected chi connectivity index (χ0v) is 20.7. The maximum absolute atomic E-state index is 12.7. The van der Waals surface area contributed by atoms with E-state index in [-0.39, 0.29) is 38.7 Å². The number of anilines is 1. The fraction of sp³-hybridized carbons (Fsp3) is 0.115. The second kappa shape index (κ2) is 12.1. The van der Waals surface area contributed by atoms with Crippen LogP contribution in [0.5, 0.6) is 11.5 Å². The van der Waals surface area contributed by atoms with Crippen LogP contribution in [0.3, 0.4) is 0 Å². The van der Waals surface area contributed by atoms with Gasteiger partial charge in [-0.05, 0) is 48.9 Å². The molecule has 9 heteroatoms. The summed E-state index contributed by atoms with van der Waals surface area (Å²) < 4.78 is 11.6. The van der Waals surface area contributed by atoms with Gasteiger partial charge in [0.1, 0.15) is 18.2 Å².